The van der Waals surface area contributed by atoms with E-state index in [4.69, 9.17) is 11.6 Å². The molecule has 1 N–H and O–H groups in total. The molecule has 0 saturated heterocycles. The van der Waals surface area contributed by atoms with Crippen molar-refractivity contribution in [1.82, 2.24) is 5.32 Å². The zero-order chi connectivity index (χ0) is 13.1. The predicted octanol–water partition coefficient (Wildman–Crippen LogP) is 4.17. The molecule has 1 nitrogen and oxygen atoms in total. The number of rotatable bonds is 3. The molecule has 0 heterocycles. The number of nitrogens with one attached hydrogen (secondary N) is 1. The highest BCUT2D eigenvalue weighted by molar-refractivity contribution is 6.31. The van der Waals surface area contributed by atoms with E-state index >= 15 is 0 Å². The summed E-state index contributed by atoms with van der Waals surface area (Å²) in [6.45, 7) is 2.59. The van der Waals surface area contributed by atoms with E-state index in [1.165, 1.54) is 0 Å². The van der Waals surface area contributed by atoms with Crippen molar-refractivity contribution < 1.29 is 4.39 Å². The van der Waals surface area contributed by atoms with Crippen LogP contribution in [0.5, 0.6) is 0 Å². The first-order valence-electron chi connectivity index (χ1n) is 5.81. The number of aryl methyl sites for hydroxylation is 1. The van der Waals surface area contributed by atoms with Crippen LogP contribution in [0, 0.1) is 12.7 Å². The molecule has 2 rings (SSSR count). The summed E-state index contributed by atoms with van der Waals surface area (Å²) in [5, 5.41) is 3.66. The highest BCUT2D eigenvalue weighted by Gasteiger charge is 2.07. The molecule has 0 radical (unpaired) electrons. The third-order valence-electron chi connectivity index (χ3n) is 2.90. The van der Waals surface area contributed by atoms with Crippen LogP contribution in [-0.4, -0.2) is 7.05 Å². The van der Waals surface area contributed by atoms with Gasteiger partial charge in [-0.1, -0.05) is 35.9 Å². The van der Waals surface area contributed by atoms with Gasteiger partial charge in [0, 0.05) is 17.1 Å². The van der Waals surface area contributed by atoms with Gasteiger partial charge in [-0.2, -0.15) is 0 Å². The van der Waals surface area contributed by atoms with Gasteiger partial charge in [-0.3, -0.25) is 0 Å². The molecule has 18 heavy (non-hydrogen) atoms. The highest BCUT2D eigenvalue weighted by atomic mass is 35.5. The Morgan fingerprint density at radius 1 is 1.17 bits per heavy atom. The van der Waals surface area contributed by atoms with Gasteiger partial charge < -0.3 is 5.32 Å². The van der Waals surface area contributed by atoms with Crippen molar-refractivity contribution in [2.24, 2.45) is 0 Å². The Bertz CT molecular complexity index is 566. The van der Waals surface area contributed by atoms with Gasteiger partial charge in [0.15, 0.2) is 0 Å². The van der Waals surface area contributed by atoms with E-state index in [2.05, 4.69) is 5.32 Å². The molecule has 0 amide bonds. The van der Waals surface area contributed by atoms with Gasteiger partial charge >= 0.3 is 0 Å². The summed E-state index contributed by atoms with van der Waals surface area (Å²) in [5.41, 5.74) is 3.31. The van der Waals surface area contributed by atoms with E-state index in [1.807, 2.05) is 32.2 Å². The Balaban J connectivity index is 2.41. The number of halogens is 2. The lowest BCUT2D eigenvalue weighted by Gasteiger charge is -2.08. The van der Waals surface area contributed by atoms with Crippen LogP contribution in [0.2, 0.25) is 5.02 Å². The third-order valence-corrected chi connectivity index (χ3v) is 3.30. The first-order chi connectivity index (χ1) is 8.61. The van der Waals surface area contributed by atoms with Crippen LogP contribution in [0.15, 0.2) is 36.4 Å². The average Bonchev–Trinajstić information content (AvgIpc) is 2.34. The van der Waals surface area contributed by atoms with Crippen molar-refractivity contribution >= 4 is 11.6 Å². The first kappa shape index (κ1) is 13.1. The van der Waals surface area contributed by atoms with Crippen molar-refractivity contribution in [2.45, 2.75) is 13.5 Å². The first-order valence-corrected chi connectivity index (χ1v) is 6.19. The van der Waals surface area contributed by atoms with Crippen molar-refractivity contribution in [2.75, 3.05) is 7.05 Å². The lowest BCUT2D eigenvalue weighted by atomic mass is 10.0. The highest BCUT2D eigenvalue weighted by Crippen LogP contribution is 2.27. The monoisotopic (exact) mass is 263 g/mol. The van der Waals surface area contributed by atoms with E-state index in [0.717, 1.165) is 16.7 Å². The third kappa shape index (κ3) is 2.71. The molecule has 0 aliphatic heterocycles. The maximum atomic E-state index is 14.0. The standard InChI is InChI=1S/C15H15ClFN/c1-10-3-5-12(8-14(10)16)13-6-4-11(9-18-2)7-15(13)17/h3-8,18H,9H2,1-2H3. The minimum Gasteiger partial charge on any atom is -0.316 e. The Morgan fingerprint density at radius 3 is 2.56 bits per heavy atom. The normalized spacial score (nSPS) is 10.7. The molecule has 0 saturated carbocycles. The van der Waals surface area contributed by atoms with Crippen LogP contribution in [0.4, 0.5) is 4.39 Å². The summed E-state index contributed by atoms with van der Waals surface area (Å²) in [4.78, 5) is 0. The van der Waals surface area contributed by atoms with E-state index in [-0.39, 0.29) is 5.82 Å². The largest absolute Gasteiger partial charge is 0.316 e. The Morgan fingerprint density at radius 2 is 1.94 bits per heavy atom. The summed E-state index contributed by atoms with van der Waals surface area (Å²) in [7, 11) is 1.84. The Labute approximate surface area is 112 Å². The van der Waals surface area contributed by atoms with E-state index in [9.17, 15) is 4.39 Å². The van der Waals surface area contributed by atoms with Gasteiger partial charge in [0.2, 0.25) is 0 Å². The van der Waals surface area contributed by atoms with Crippen LogP contribution >= 0.6 is 11.6 Å². The molecular weight excluding hydrogens is 249 g/mol. The Kier molecular flexibility index (Phi) is 4.00. The van der Waals surface area contributed by atoms with Crippen molar-refractivity contribution in [3.05, 3.63) is 58.4 Å². The molecule has 0 bridgehead atoms. The quantitative estimate of drug-likeness (QED) is 0.876. The molecule has 0 atom stereocenters. The van der Waals surface area contributed by atoms with Crippen molar-refractivity contribution in [3.8, 4) is 11.1 Å². The maximum absolute atomic E-state index is 14.0. The zero-order valence-corrected chi connectivity index (χ0v) is 11.2. The second-order valence-corrected chi connectivity index (χ2v) is 4.72. The van der Waals surface area contributed by atoms with E-state index in [0.29, 0.717) is 17.1 Å². The van der Waals surface area contributed by atoms with Crippen molar-refractivity contribution in [1.29, 1.82) is 0 Å². The van der Waals surface area contributed by atoms with Gasteiger partial charge in [-0.25, -0.2) is 4.39 Å². The predicted molar refractivity (Wildman–Crippen MR) is 74.3 cm³/mol. The second-order valence-electron chi connectivity index (χ2n) is 4.31. The van der Waals surface area contributed by atoms with E-state index < -0.39 is 0 Å². The second kappa shape index (κ2) is 5.51. The van der Waals surface area contributed by atoms with Gasteiger partial charge in [-0.05, 0) is 42.8 Å². The fraction of sp³-hybridized carbons (Fsp3) is 0.200. The molecule has 0 spiro atoms. The molecule has 0 aliphatic rings. The minimum atomic E-state index is -0.220. The number of hydrogen-bond donors (Lipinski definition) is 1. The van der Waals surface area contributed by atoms with Crippen LogP contribution in [0.3, 0.4) is 0 Å². The van der Waals surface area contributed by atoms with Gasteiger partial charge in [0.25, 0.3) is 0 Å². The summed E-state index contributed by atoms with van der Waals surface area (Å²) in [5.74, 6) is -0.220. The van der Waals surface area contributed by atoms with Crippen LogP contribution in [0.1, 0.15) is 11.1 Å². The van der Waals surface area contributed by atoms with Crippen LogP contribution in [0.25, 0.3) is 11.1 Å². The van der Waals surface area contributed by atoms with E-state index in [1.54, 1.807) is 18.2 Å². The lowest BCUT2D eigenvalue weighted by Crippen LogP contribution is -2.05. The van der Waals surface area contributed by atoms with Crippen LogP contribution in [-0.2, 0) is 6.54 Å². The van der Waals surface area contributed by atoms with Gasteiger partial charge in [-0.15, -0.1) is 0 Å². The Hall–Kier alpha value is -1.38. The molecule has 3 heteroatoms. The maximum Gasteiger partial charge on any atom is 0.131 e. The van der Waals surface area contributed by atoms with Gasteiger partial charge in [0.05, 0.1) is 0 Å². The molecule has 94 valence electrons. The SMILES string of the molecule is CNCc1ccc(-c2ccc(C)c(Cl)c2)c(F)c1. The summed E-state index contributed by atoms with van der Waals surface area (Å²) >= 11 is 6.06. The summed E-state index contributed by atoms with van der Waals surface area (Å²) in [6.07, 6.45) is 0. The van der Waals surface area contributed by atoms with Crippen LogP contribution < -0.4 is 5.32 Å². The topological polar surface area (TPSA) is 12.0 Å². The fourth-order valence-electron chi connectivity index (χ4n) is 1.87. The molecule has 0 aliphatic carbocycles. The molecule has 2 aromatic carbocycles. The lowest BCUT2D eigenvalue weighted by molar-refractivity contribution is 0.627. The smallest absolute Gasteiger partial charge is 0.131 e. The minimum absolute atomic E-state index is 0.220. The average molecular weight is 264 g/mol. The number of hydrogen-bond acceptors (Lipinski definition) is 1. The molecule has 0 unspecified atom stereocenters. The van der Waals surface area contributed by atoms with Crippen molar-refractivity contribution in [3.63, 3.8) is 0 Å². The van der Waals surface area contributed by atoms with Gasteiger partial charge in [0.1, 0.15) is 5.82 Å². The molecular formula is C15H15ClFN. The summed E-state index contributed by atoms with van der Waals surface area (Å²) in [6, 6.07) is 10.9. The molecule has 0 fully saturated rings. The summed E-state index contributed by atoms with van der Waals surface area (Å²) < 4.78 is 14.0. The molecule has 0 aromatic heterocycles. The molecule has 2 aromatic rings. The zero-order valence-electron chi connectivity index (χ0n) is 10.4. The number of benzene rings is 2. The fourth-order valence-corrected chi connectivity index (χ4v) is 2.05.